The number of benzene rings is 1. The van der Waals surface area contributed by atoms with Gasteiger partial charge in [-0.25, -0.2) is 9.59 Å². The fraction of sp³-hybridized carbons (Fsp3) is 0.423. The topological polar surface area (TPSA) is 199 Å². The Morgan fingerprint density at radius 1 is 1.05 bits per heavy atom. The number of carbonyl (C=O) groups excluding carboxylic acids is 2. The van der Waals surface area contributed by atoms with Gasteiger partial charge in [-0.3, -0.25) is 4.79 Å². The zero-order chi connectivity index (χ0) is 28.5. The number of hydrogen-bond donors (Lipinski definition) is 5. The summed E-state index contributed by atoms with van der Waals surface area (Å²) in [6, 6.07) is 8.97. The molecule has 0 unspecified atom stereocenters. The van der Waals surface area contributed by atoms with Crippen LogP contribution in [0.25, 0.3) is 6.08 Å². The second-order valence-corrected chi connectivity index (χ2v) is 8.59. The fourth-order valence-electron chi connectivity index (χ4n) is 3.96. The second-order valence-electron chi connectivity index (χ2n) is 8.59. The molecule has 0 aliphatic carbocycles. The molecule has 212 valence electrons. The van der Waals surface area contributed by atoms with Gasteiger partial charge >= 0.3 is 17.9 Å². The molecule has 7 atom stereocenters. The lowest BCUT2D eigenvalue weighted by atomic mass is 9.86. The van der Waals surface area contributed by atoms with Crippen LogP contribution in [-0.2, 0) is 38.1 Å². The third-order valence-electron chi connectivity index (χ3n) is 6.08. The van der Waals surface area contributed by atoms with E-state index >= 15 is 0 Å². The summed E-state index contributed by atoms with van der Waals surface area (Å²) in [5, 5.41) is 49.5. The molecule has 2 aliphatic heterocycles. The zero-order valence-electron chi connectivity index (χ0n) is 20.9. The predicted octanol–water partition coefficient (Wildman–Crippen LogP) is -0.510. The van der Waals surface area contributed by atoms with E-state index in [1.807, 2.05) is 6.07 Å². The Kier molecular flexibility index (Phi) is 10.7. The van der Waals surface area contributed by atoms with Gasteiger partial charge in [0.2, 0.25) is 6.29 Å². The largest absolute Gasteiger partial charge is 0.478 e. The molecule has 39 heavy (non-hydrogen) atoms. The van der Waals surface area contributed by atoms with Gasteiger partial charge < -0.3 is 49.2 Å². The summed E-state index contributed by atoms with van der Waals surface area (Å²) in [5.74, 6) is -4.02. The first-order valence-corrected chi connectivity index (χ1v) is 11.9. The molecule has 1 saturated heterocycles. The van der Waals surface area contributed by atoms with Gasteiger partial charge in [0.15, 0.2) is 6.29 Å². The van der Waals surface area contributed by atoms with Crippen LogP contribution in [0, 0.1) is 5.92 Å². The van der Waals surface area contributed by atoms with Crippen molar-refractivity contribution in [1.82, 2.24) is 0 Å². The van der Waals surface area contributed by atoms with E-state index in [1.54, 1.807) is 24.3 Å². The number of carbonyl (C=O) groups is 3. The Bertz CT molecular complexity index is 1090. The molecule has 0 spiro atoms. The van der Waals surface area contributed by atoms with Crippen LogP contribution in [0.4, 0.5) is 0 Å². The van der Waals surface area contributed by atoms with Crippen molar-refractivity contribution < 1.29 is 63.6 Å². The van der Waals surface area contributed by atoms with Crippen LogP contribution < -0.4 is 0 Å². The lowest BCUT2D eigenvalue weighted by Crippen LogP contribution is -2.60. The van der Waals surface area contributed by atoms with Crippen LogP contribution in [0.1, 0.15) is 12.0 Å². The van der Waals surface area contributed by atoms with Crippen molar-refractivity contribution in [3.63, 3.8) is 0 Å². The Balaban J connectivity index is 1.84. The maximum absolute atomic E-state index is 12.2. The average molecular weight is 551 g/mol. The normalized spacial score (nSPS) is 29.9. The Morgan fingerprint density at radius 2 is 1.77 bits per heavy atom. The molecule has 13 nitrogen and oxygen atoms in total. The maximum Gasteiger partial charge on any atom is 0.335 e. The molecule has 3 rings (SSSR count). The van der Waals surface area contributed by atoms with Gasteiger partial charge in [0.05, 0.1) is 32.0 Å². The van der Waals surface area contributed by atoms with E-state index in [4.69, 9.17) is 18.9 Å². The van der Waals surface area contributed by atoms with E-state index in [0.717, 1.165) is 18.9 Å². The number of aliphatic hydroxyl groups excluding tert-OH is 4. The van der Waals surface area contributed by atoms with Gasteiger partial charge in [0.25, 0.3) is 0 Å². The Labute approximate surface area is 223 Å². The standard InChI is InChI=1S/C26H30O13/c1-35-20(29)11-16-15(9-10-36-19(28)8-7-14-5-3-2-4-6-14)25(37-13-17(16)24(33)34)39-26-23(32)22(31)21(30)18(12-27)38-26/h2-9,13,16,18,21-23,25-27,30-32H,10-12H2,1H3,(H,33,34)/t16-,18-,21-,22+,23-,25+,26-/m1/s1. The molecule has 13 heteroatoms. The smallest absolute Gasteiger partial charge is 0.335 e. The summed E-state index contributed by atoms with van der Waals surface area (Å²) in [4.78, 5) is 36.2. The van der Waals surface area contributed by atoms with Crippen molar-refractivity contribution in [2.75, 3.05) is 20.3 Å². The Morgan fingerprint density at radius 3 is 2.41 bits per heavy atom. The first kappa shape index (κ1) is 30.0. The third-order valence-corrected chi connectivity index (χ3v) is 6.08. The first-order chi connectivity index (χ1) is 18.7. The van der Waals surface area contributed by atoms with E-state index in [1.165, 1.54) is 18.2 Å². The highest BCUT2D eigenvalue weighted by Gasteiger charge is 2.46. The van der Waals surface area contributed by atoms with Crippen LogP contribution in [-0.4, -0.2) is 101 Å². The van der Waals surface area contributed by atoms with E-state index in [2.05, 4.69) is 4.74 Å². The highest BCUT2D eigenvalue weighted by atomic mass is 16.8. The molecule has 1 fully saturated rings. The minimum atomic E-state index is -1.78. The molecule has 0 saturated carbocycles. The van der Waals surface area contributed by atoms with Gasteiger partial charge in [0, 0.05) is 17.6 Å². The van der Waals surface area contributed by atoms with Crippen LogP contribution in [0.2, 0.25) is 0 Å². The minimum absolute atomic E-state index is 0.0251. The van der Waals surface area contributed by atoms with E-state index in [9.17, 15) is 39.9 Å². The highest BCUT2D eigenvalue weighted by molar-refractivity contribution is 5.89. The quantitative estimate of drug-likeness (QED) is 0.142. The lowest BCUT2D eigenvalue weighted by Gasteiger charge is -2.41. The van der Waals surface area contributed by atoms with E-state index < -0.39 is 73.8 Å². The zero-order valence-corrected chi connectivity index (χ0v) is 20.9. The summed E-state index contributed by atoms with van der Waals surface area (Å²) in [6.45, 7) is -1.09. The van der Waals surface area contributed by atoms with Crippen molar-refractivity contribution in [3.05, 3.63) is 65.5 Å². The van der Waals surface area contributed by atoms with Crippen molar-refractivity contribution in [2.45, 2.75) is 43.4 Å². The second kappa shape index (κ2) is 14.0. The van der Waals surface area contributed by atoms with Crippen LogP contribution in [0.5, 0.6) is 0 Å². The van der Waals surface area contributed by atoms with Crippen molar-refractivity contribution >= 4 is 24.0 Å². The minimum Gasteiger partial charge on any atom is -0.478 e. The highest BCUT2D eigenvalue weighted by Crippen LogP contribution is 2.35. The average Bonchev–Trinajstić information content (AvgIpc) is 2.93. The number of hydrogen-bond acceptors (Lipinski definition) is 12. The summed E-state index contributed by atoms with van der Waals surface area (Å²) in [7, 11) is 1.12. The molecule has 0 radical (unpaired) electrons. The van der Waals surface area contributed by atoms with Crippen LogP contribution in [0.3, 0.4) is 0 Å². The van der Waals surface area contributed by atoms with Crippen molar-refractivity contribution in [1.29, 1.82) is 0 Å². The molecule has 0 amide bonds. The first-order valence-electron chi connectivity index (χ1n) is 11.9. The molecule has 5 N–H and O–H groups in total. The van der Waals surface area contributed by atoms with E-state index in [0.29, 0.717) is 0 Å². The molecular weight excluding hydrogens is 520 g/mol. The molecule has 1 aromatic rings. The van der Waals surface area contributed by atoms with Crippen molar-refractivity contribution in [2.24, 2.45) is 5.92 Å². The number of rotatable bonds is 10. The van der Waals surface area contributed by atoms with Gasteiger partial charge in [0.1, 0.15) is 31.0 Å². The number of ether oxygens (including phenoxy) is 5. The number of carboxylic acid groups (broad SMARTS) is 1. The van der Waals surface area contributed by atoms with E-state index in [-0.39, 0.29) is 17.8 Å². The predicted molar refractivity (Wildman–Crippen MR) is 130 cm³/mol. The van der Waals surface area contributed by atoms with Gasteiger partial charge in [-0.1, -0.05) is 30.3 Å². The number of aliphatic hydroxyl groups is 4. The lowest BCUT2D eigenvalue weighted by molar-refractivity contribution is -0.327. The number of carboxylic acids is 1. The third kappa shape index (κ3) is 7.72. The van der Waals surface area contributed by atoms with Gasteiger partial charge in [-0.2, -0.15) is 0 Å². The monoisotopic (exact) mass is 550 g/mol. The number of esters is 2. The van der Waals surface area contributed by atoms with Crippen LogP contribution in [0.15, 0.2) is 59.9 Å². The van der Waals surface area contributed by atoms with Crippen LogP contribution >= 0.6 is 0 Å². The fourth-order valence-corrected chi connectivity index (χ4v) is 3.96. The number of methoxy groups -OCH3 is 1. The molecular formula is C26H30O13. The summed E-state index contributed by atoms with van der Waals surface area (Å²) < 4.78 is 26.3. The number of aliphatic carboxylic acids is 1. The SMILES string of the molecule is COC(=O)C[C@H]1C(C(=O)O)=CO[C@@H](O[C@H]2O[C@H](CO)[C@@H](O)[C@H](O)[C@H]2O)C1=CCOC(=O)C=Cc1ccccc1. The summed E-state index contributed by atoms with van der Waals surface area (Å²) in [5.41, 5.74) is 0.462. The maximum atomic E-state index is 12.2. The van der Waals surface area contributed by atoms with Gasteiger partial charge in [-0.05, 0) is 17.7 Å². The molecule has 0 bridgehead atoms. The Hall–Kier alpha value is -3.59. The molecule has 0 aromatic heterocycles. The molecule has 2 aliphatic rings. The summed E-state index contributed by atoms with van der Waals surface area (Å²) in [6.07, 6.45) is -5.13. The van der Waals surface area contributed by atoms with Crippen molar-refractivity contribution in [3.8, 4) is 0 Å². The molecule has 1 aromatic carbocycles. The molecule has 2 heterocycles. The van der Waals surface area contributed by atoms with Gasteiger partial charge in [-0.15, -0.1) is 0 Å². The summed E-state index contributed by atoms with van der Waals surface area (Å²) >= 11 is 0.